The van der Waals surface area contributed by atoms with E-state index in [1.54, 1.807) is 27.2 Å². The normalized spacial score (nSPS) is 46.3. The Morgan fingerprint density at radius 1 is 1.06 bits per heavy atom. The Labute approximate surface area is 187 Å². The summed E-state index contributed by atoms with van der Waals surface area (Å²) in [6.45, 7) is 2.14. The number of aliphatic hydroxyl groups excluding tert-OH is 2. The first kappa shape index (κ1) is 23.9. The van der Waals surface area contributed by atoms with E-state index in [-0.39, 0.29) is 13.0 Å². The van der Waals surface area contributed by atoms with E-state index in [9.17, 15) is 20.4 Å². The average Bonchev–Trinajstić information content (AvgIpc) is 2.75. The standard InChI is InChI=1S/C21H34N4O7/c1-11-8-20(28,10-24-9-12-6-4-5-7-25-12)21(29)19(30-11)31-18-16(27)13(22-2)15(26)14(23-3)17(18)32-21/h4-7,11,13-19,22-24,26-29H,8-10H2,1-3H3/t11-,13-,14+,15+,16+,17?,18-,19?,20-,21?/m1/s1. The maximum Gasteiger partial charge on any atom is 0.249 e. The van der Waals surface area contributed by atoms with E-state index in [0.717, 1.165) is 5.69 Å². The van der Waals surface area contributed by atoms with Crippen LogP contribution in [0.4, 0.5) is 0 Å². The fourth-order valence-corrected chi connectivity index (χ4v) is 5.13. The van der Waals surface area contributed by atoms with Crippen molar-refractivity contribution in [1.82, 2.24) is 20.9 Å². The minimum absolute atomic E-state index is 0.0144. The monoisotopic (exact) mass is 454 g/mol. The van der Waals surface area contributed by atoms with Gasteiger partial charge in [-0.3, -0.25) is 4.98 Å². The highest BCUT2D eigenvalue weighted by molar-refractivity contribution is 5.12. The Morgan fingerprint density at radius 2 is 1.81 bits per heavy atom. The van der Waals surface area contributed by atoms with Crippen LogP contribution in [0.15, 0.2) is 24.4 Å². The molecular formula is C21H34N4O7. The molecule has 0 spiro atoms. The molecule has 2 aliphatic heterocycles. The molecule has 1 aliphatic carbocycles. The first-order valence-corrected chi connectivity index (χ1v) is 11.0. The number of rotatable bonds is 6. The van der Waals surface area contributed by atoms with Crippen molar-refractivity contribution < 1.29 is 34.6 Å². The molecule has 1 saturated carbocycles. The predicted molar refractivity (Wildman–Crippen MR) is 112 cm³/mol. The van der Waals surface area contributed by atoms with E-state index >= 15 is 0 Å². The third-order valence-electron chi connectivity index (χ3n) is 6.80. The number of aliphatic hydroxyl groups is 4. The van der Waals surface area contributed by atoms with Crippen molar-refractivity contribution in [3.05, 3.63) is 30.1 Å². The second-order valence-electron chi connectivity index (χ2n) is 8.93. The lowest BCUT2D eigenvalue weighted by atomic mass is 9.77. The summed E-state index contributed by atoms with van der Waals surface area (Å²) in [7, 11) is 3.28. The molecule has 7 N–H and O–H groups in total. The smallest absolute Gasteiger partial charge is 0.249 e. The van der Waals surface area contributed by atoms with Crippen LogP contribution in [0.1, 0.15) is 19.0 Å². The number of likely N-dealkylation sites (N-methyl/N-ethyl adjacent to an activating group) is 2. The molecule has 0 bridgehead atoms. The van der Waals surface area contributed by atoms with E-state index in [0.29, 0.717) is 6.54 Å². The van der Waals surface area contributed by atoms with E-state index in [1.165, 1.54) is 0 Å². The fourth-order valence-electron chi connectivity index (χ4n) is 5.13. The molecule has 0 amide bonds. The zero-order valence-corrected chi connectivity index (χ0v) is 18.5. The van der Waals surface area contributed by atoms with Crippen molar-refractivity contribution in [1.29, 1.82) is 0 Å². The highest BCUT2D eigenvalue weighted by Gasteiger charge is 2.68. The highest BCUT2D eigenvalue weighted by Crippen LogP contribution is 2.46. The maximum atomic E-state index is 11.6. The molecule has 180 valence electrons. The second kappa shape index (κ2) is 9.18. The molecule has 10 atom stereocenters. The molecule has 0 aromatic carbocycles. The summed E-state index contributed by atoms with van der Waals surface area (Å²) in [5.41, 5.74) is -0.976. The first-order chi connectivity index (χ1) is 15.2. The van der Waals surface area contributed by atoms with Gasteiger partial charge < -0.3 is 50.6 Å². The van der Waals surface area contributed by atoms with Gasteiger partial charge in [-0.1, -0.05) is 6.07 Å². The van der Waals surface area contributed by atoms with Crippen LogP contribution in [0.3, 0.4) is 0 Å². The third kappa shape index (κ3) is 3.96. The Morgan fingerprint density at radius 3 is 2.47 bits per heavy atom. The van der Waals surface area contributed by atoms with Crippen LogP contribution in [-0.2, 0) is 20.8 Å². The van der Waals surface area contributed by atoms with Gasteiger partial charge in [0.2, 0.25) is 12.1 Å². The molecule has 3 heterocycles. The van der Waals surface area contributed by atoms with Gasteiger partial charge in [0.15, 0.2) is 0 Å². The molecule has 1 aromatic rings. The molecule has 2 saturated heterocycles. The summed E-state index contributed by atoms with van der Waals surface area (Å²) in [5, 5.41) is 53.7. The number of hydrogen-bond donors (Lipinski definition) is 7. The molecular weight excluding hydrogens is 420 g/mol. The molecule has 3 fully saturated rings. The number of nitrogens with zero attached hydrogens (tertiary/aromatic N) is 1. The van der Waals surface area contributed by atoms with Crippen LogP contribution < -0.4 is 16.0 Å². The number of ether oxygens (including phenoxy) is 3. The number of pyridine rings is 1. The molecule has 0 radical (unpaired) electrons. The van der Waals surface area contributed by atoms with Gasteiger partial charge in [0.25, 0.3) is 0 Å². The summed E-state index contributed by atoms with van der Waals surface area (Å²) >= 11 is 0. The SMILES string of the molecule is CN[C@@H]1[C@H](O)[C@H](NC)C2OC3(O)C(O[C@H](C)C[C@@]3(O)CNCc3ccccn3)O[C@@H]2[C@H]1O. The van der Waals surface area contributed by atoms with Crippen molar-refractivity contribution in [2.45, 2.75) is 80.2 Å². The number of fused-ring (bicyclic) bond motifs is 2. The number of nitrogens with one attached hydrogen (secondary N) is 3. The van der Waals surface area contributed by atoms with Gasteiger partial charge in [-0.25, -0.2) is 0 Å². The Hall–Kier alpha value is -1.25. The van der Waals surface area contributed by atoms with Crippen LogP contribution in [0.25, 0.3) is 0 Å². The minimum atomic E-state index is -2.22. The summed E-state index contributed by atoms with van der Waals surface area (Å²) in [6.07, 6.45) is -3.97. The summed E-state index contributed by atoms with van der Waals surface area (Å²) < 4.78 is 17.9. The lowest BCUT2D eigenvalue weighted by Gasteiger charge is -2.60. The second-order valence-corrected chi connectivity index (χ2v) is 8.93. The van der Waals surface area contributed by atoms with E-state index in [4.69, 9.17) is 14.2 Å². The zero-order valence-electron chi connectivity index (χ0n) is 18.5. The fraction of sp³-hybridized carbons (Fsp3) is 0.762. The van der Waals surface area contributed by atoms with Gasteiger partial charge in [0.05, 0.1) is 30.0 Å². The van der Waals surface area contributed by atoms with Crippen LogP contribution in [0, 0.1) is 0 Å². The Bertz CT molecular complexity index is 776. The summed E-state index contributed by atoms with van der Waals surface area (Å²) in [4.78, 5) is 4.25. The molecule has 3 unspecified atom stereocenters. The van der Waals surface area contributed by atoms with Crippen molar-refractivity contribution in [3.8, 4) is 0 Å². The zero-order chi connectivity index (χ0) is 23.1. The van der Waals surface area contributed by atoms with E-state index < -0.39 is 60.3 Å². The van der Waals surface area contributed by atoms with Crippen LogP contribution in [0.2, 0.25) is 0 Å². The molecule has 32 heavy (non-hydrogen) atoms. The van der Waals surface area contributed by atoms with Gasteiger partial charge in [-0.05, 0) is 33.2 Å². The van der Waals surface area contributed by atoms with Crippen molar-refractivity contribution in [2.75, 3.05) is 20.6 Å². The van der Waals surface area contributed by atoms with Crippen molar-refractivity contribution in [2.24, 2.45) is 0 Å². The van der Waals surface area contributed by atoms with Gasteiger partial charge in [0, 0.05) is 25.7 Å². The molecule has 11 nitrogen and oxygen atoms in total. The topological polar surface area (TPSA) is 158 Å². The van der Waals surface area contributed by atoms with E-state index in [1.807, 2.05) is 18.2 Å². The largest absolute Gasteiger partial charge is 0.390 e. The van der Waals surface area contributed by atoms with Gasteiger partial charge in [-0.2, -0.15) is 0 Å². The molecule has 1 aromatic heterocycles. The minimum Gasteiger partial charge on any atom is -0.390 e. The predicted octanol–water partition coefficient (Wildman–Crippen LogP) is -2.58. The third-order valence-corrected chi connectivity index (χ3v) is 6.80. The quantitative estimate of drug-likeness (QED) is 0.242. The van der Waals surface area contributed by atoms with Crippen LogP contribution >= 0.6 is 0 Å². The molecule has 4 rings (SSSR count). The maximum absolute atomic E-state index is 11.6. The Balaban J connectivity index is 1.57. The first-order valence-electron chi connectivity index (χ1n) is 11.0. The van der Waals surface area contributed by atoms with E-state index in [2.05, 4.69) is 20.9 Å². The van der Waals surface area contributed by atoms with Gasteiger partial charge in [-0.15, -0.1) is 0 Å². The lowest BCUT2D eigenvalue weighted by molar-refractivity contribution is -0.482. The summed E-state index contributed by atoms with van der Waals surface area (Å²) in [6, 6.07) is 4.19. The lowest BCUT2D eigenvalue weighted by Crippen LogP contribution is -2.81. The number of aromatic nitrogens is 1. The molecule has 11 heteroatoms. The summed E-state index contributed by atoms with van der Waals surface area (Å²) in [5.74, 6) is -2.22. The van der Waals surface area contributed by atoms with Crippen molar-refractivity contribution >= 4 is 0 Å². The Kier molecular flexibility index (Phi) is 6.86. The van der Waals surface area contributed by atoms with Crippen molar-refractivity contribution in [3.63, 3.8) is 0 Å². The van der Waals surface area contributed by atoms with Crippen LogP contribution in [0.5, 0.6) is 0 Å². The van der Waals surface area contributed by atoms with Crippen LogP contribution in [-0.4, -0.2) is 106 Å². The number of hydrogen-bond acceptors (Lipinski definition) is 11. The van der Waals surface area contributed by atoms with Gasteiger partial charge >= 0.3 is 0 Å². The highest BCUT2D eigenvalue weighted by atomic mass is 16.8. The molecule has 3 aliphatic rings. The average molecular weight is 455 g/mol. The van der Waals surface area contributed by atoms with Gasteiger partial charge in [0.1, 0.15) is 23.9 Å².